The number of phenols is 1. The van der Waals surface area contributed by atoms with Gasteiger partial charge < -0.3 is 14.7 Å². The van der Waals surface area contributed by atoms with Crippen LogP contribution in [0.1, 0.15) is 48.5 Å². The molecule has 2 unspecified atom stereocenters. The van der Waals surface area contributed by atoms with Gasteiger partial charge in [-0.2, -0.15) is 0 Å². The lowest BCUT2D eigenvalue weighted by Gasteiger charge is -2.36. The number of rotatable bonds is 3. The Balaban J connectivity index is 1.47. The van der Waals surface area contributed by atoms with E-state index in [1.54, 1.807) is 6.07 Å². The molecule has 2 aliphatic heterocycles. The molecule has 0 fully saturated rings. The van der Waals surface area contributed by atoms with Gasteiger partial charge in [0, 0.05) is 19.5 Å². The zero-order chi connectivity index (χ0) is 19.3. The van der Waals surface area contributed by atoms with Crippen LogP contribution in [0.4, 0.5) is 5.95 Å². The van der Waals surface area contributed by atoms with E-state index in [1.165, 1.54) is 16.7 Å². The van der Waals surface area contributed by atoms with E-state index in [-0.39, 0.29) is 12.1 Å². The van der Waals surface area contributed by atoms with E-state index in [2.05, 4.69) is 39.6 Å². The smallest absolute Gasteiger partial charge is 0.227 e. The summed E-state index contributed by atoms with van der Waals surface area (Å²) >= 11 is 0. The van der Waals surface area contributed by atoms with Crippen LogP contribution in [0.3, 0.4) is 0 Å². The summed E-state index contributed by atoms with van der Waals surface area (Å²) in [5, 5.41) is 18.9. The molecule has 0 bridgehead atoms. The number of phenolic OH excluding ortho intramolecular Hbond substituents is 1. The topological polar surface area (TPSA) is 63.4 Å². The number of fused-ring (bicyclic) bond motifs is 2. The van der Waals surface area contributed by atoms with E-state index < -0.39 is 0 Å². The third-order valence-electron chi connectivity index (χ3n) is 5.93. The number of ether oxygens (including phenoxy) is 1. The molecule has 3 heterocycles. The molecule has 2 atom stereocenters. The number of nitrogens with zero attached hydrogens (tertiary/aromatic N) is 4. The molecule has 6 nitrogen and oxygen atoms in total. The second kappa shape index (κ2) is 6.55. The highest BCUT2D eigenvalue weighted by atomic mass is 16.5. The first-order valence-electron chi connectivity index (χ1n) is 9.91. The van der Waals surface area contributed by atoms with E-state index in [9.17, 15) is 5.11 Å². The number of benzene rings is 2. The average molecular weight is 376 g/mol. The molecule has 5 rings (SSSR count). The van der Waals surface area contributed by atoms with Gasteiger partial charge in [-0.1, -0.05) is 24.3 Å². The minimum Gasteiger partial charge on any atom is -0.508 e. The largest absolute Gasteiger partial charge is 0.508 e. The van der Waals surface area contributed by atoms with E-state index in [0.29, 0.717) is 5.75 Å². The highest BCUT2D eigenvalue weighted by Gasteiger charge is 2.33. The average Bonchev–Trinajstić information content (AvgIpc) is 3.31. The lowest BCUT2D eigenvalue weighted by Crippen LogP contribution is -2.36. The monoisotopic (exact) mass is 376 g/mol. The normalized spacial score (nSPS) is 20.6. The molecule has 0 aliphatic carbocycles. The van der Waals surface area contributed by atoms with Crippen molar-refractivity contribution in [3.05, 3.63) is 65.0 Å². The fourth-order valence-electron chi connectivity index (χ4n) is 4.48. The number of hydrogen-bond acceptors (Lipinski definition) is 5. The highest BCUT2D eigenvalue weighted by molar-refractivity contribution is 5.47. The van der Waals surface area contributed by atoms with Crippen LogP contribution < -0.4 is 9.64 Å². The van der Waals surface area contributed by atoms with Crippen LogP contribution in [0.2, 0.25) is 0 Å². The van der Waals surface area contributed by atoms with Crippen LogP contribution >= 0.6 is 0 Å². The zero-order valence-electron chi connectivity index (χ0n) is 16.2. The van der Waals surface area contributed by atoms with Gasteiger partial charge in [0.25, 0.3) is 0 Å². The minimum atomic E-state index is -0.0945. The van der Waals surface area contributed by atoms with Gasteiger partial charge in [-0.05, 0) is 55.2 Å². The fraction of sp³-hybridized carbons (Fsp3) is 0.364. The first-order chi connectivity index (χ1) is 13.7. The summed E-state index contributed by atoms with van der Waals surface area (Å²) in [6.07, 6.45) is 1.61. The lowest BCUT2D eigenvalue weighted by atomic mass is 9.93. The third-order valence-corrected chi connectivity index (χ3v) is 5.93. The Hall–Kier alpha value is -3.02. The predicted octanol–water partition coefficient (Wildman–Crippen LogP) is 3.80. The van der Waals surface area contributed by atoms with Crippen molar-refractivity contribution in [2.75, 3.05) is 11.4 Å². The van der Waals surface area contributed by atoms with Gasteiger partial charge in [0.2, 0.25) is 5.95 Å². The van der Waals surface area contributed by atoms with Gasteiger partial charge in [-0.3, -0.25) is 4.57 Å². The van der Waals surface area contributed by atoms with Crippen molar-refractivity contribution < 1.29 is 9.84 Å². The molecular formula is C22H24N4O2. The third kappa shape index (κ3) is 2.63. The Morgan fingerprint density at radius 3 is 2.82 bits per heavy atom. The molecule has 2 aliphatic rings. The molecule has 6 heteroatoms. The Bertz CT molecular complexity index is 1000. The van der Waals surface area contributed by atoms with Crippen LogP contribution in [0.25, 0.3) is 0 Å². The molecule has 0 amide bonds. The first kappa shape index (κ1) is 17.1. The molecule has 0 saturated carbocycles. The van der Waals surface area contributed by atoms with E-state index in [1.807, 2.05) is 30.3 Å². The summed E-state index contributed by atoms with van der Waals surface area (Å²) in [6.45, 7) is 5.95. The van der Waals surface area contributed by atoms with Crippen molar-refractivity contribution in [2.45, 2.75) is 45.4 Å². The summed E-state index contributed by atoms with van der Waals surface area (Å²) in [5.41, 5.74) is 3.67. The van der Waals surface area contributed by atoms with Crippen LogP contribution in [-0.4, -0.2) is 26.4 Å². The maximum absolute atomic E-state index is 9.78. The van der Waals surface area contributed by atoms with Crippen molar-refractivity contribution in [1.82, 2.24) is 14.8 Å². The molecular weight excluding hydrogens is 352 g/mol. The van der Waals surface area contributed by atoms with Gasteiger partial charge in [-0.25, -0.2) is 0 Å². The van der Waals surface area contributed by atoms with Crippen molar-refractivity contribution in [1.29, 1.82) is 0 Å². The number of hydrogen-bond donors (Lipinski definition) is 1. The summed E-state index contributed by atoms with van der Waals surface area (Å²) in [5.74, 6) is 3.05. The molecule has 0 saturated heterocycles. The molecule has 2 aromatic carbocycles. The second-order valence-electron chi connectivity index (χ2n) is 7.52. The molecule has 3 aromatic rings. The molecule has 1 N–H and O–H groups in total. The van der Waals surface area contributed by atoms with Gasteiger partial charge in [0.05, 0.1) is 6.04 Å². The first-order valence-corrected chi connectivity index (χ1v) is 9.91. The van der Waals surface area contributed by atoms with Gasteiger partial charge >= 0.3 is 0 Å². The Morgan fingerprint density at radius 2 is 2.00 bits per heavy atom. The SMILES string of the molecule is CCn1c(C2Cc3ccccc3O2)nnc1N1CCc2cc(O)ccc2C1C. The van der Waals surface area contributed by atoms with Crippen LogP contribution in [0.15, 0.2) is 42.5 Å². The van der Waals surface area contributed by atoms with Crippen LogP contribution in [0.5, 0.6) is 11.5 Å². The van der Waals surface area contributed by atoms with Gasteiger partial charge in [0.1, 0.15) is 11.5 Å². The lowest BCUT2D eigenvalue weighted by molar-refractivity contribution is 0.221. The number of aromatic nitrogens is 3. The summed E-state index contributed by atoms with van der Waals surface area (Å²) in [4.78, 5) is 2.31. The number of para-hydroxylation sites is 1. The summed E-state index contributed by atoms with van der Waals surface area (Å²) in [7, 11) is 0. The predicted molar refractivity (Wildman–Crippen MR) is 107 cm³/mol. The van der Waals surface area contributed by atoms with E-state index in [4.69, 9.17) is 4.74 Å². The Labute approximate surface area is 164 Å². The zero-order valence-corrected chi connectivity index (χ0v) is 16.2. The molecule has 0 spiro atoms. The molecule has 144 valence electrons. The van der Waals surface area contributed by atoms with Crippen molar-refractivity contribution in [3.63, 3.8) is 0 Å². The summed E-state index contributed by atoms with van der Waals surface area (Å²) < 4.78 is 8.34. The minimum absolute atomic E-state index is 0.0945. The van der Waals surface area contributed by atoms with Crippen LogP contribution in [-0.2, 0) is 19.4 Å². The highest BCUT2D eigenvalue weighted by Crippen LogP contribution is 2.38. The Kier molecular flexibility index (Phi) is 4.00. The maximum Gasteiger partial charge on any atom is 0.227 e. The number of aromatic hydroxyl groups is 1. The quantitative estimate of drug-likeness (QED) is 0.753. The van der Waals surface area contributed by atoms with Gasteiger partial charge in [0.15, 0.2) is 11.9 Å². The number of anilines is 1. The van der Waals surface area contributed by atoms with Crippen molar-refractivity contribution >= 4 is 5.95 Å². The molecule has 0 radical (unpaired) electrons. The second-order valence-corrected chi connectivity index (χ2v) is 7.52. The maximum atomic E-state index is 9.78. The molecule has 1 aromatic heterocycles. The Morgan fingerprint density at radius 1 is 1.14 bits per heavy atom. The van der Waals surface area contributed by atoms with Crippen LogP contribution in [0, 0.1) is 0 Å². The van der Waals surface area contributed by atoms with Crippen molar-refractivity contribution in [3.8, 4) is 11.5 Å². The van der Waals surface area contributed by atoms with E-state index >= 15 is 0 Å². The standard InChI is InChI=1S/C22H24N4O2/c1-3-25-21(20-13-16-6-4-5-7-19(16)28-20)23-24-22(25)26-11-10-15-12-17(27)8-9-18(15)14(26)2/h4-9,12,14,20,27H,3,10-11,13H2,1-2H3. The molecule has 28 heavy (non-hydrogen) atoms. The van der Waals surface area contributed by atoms with E-state index in [0.717, 1.165) is 43.5 Å². The van der Waals surface area contributed by atoms with Gasteiger partial charge in [-0.15, -0.1) is 10.2 Å². The van der Waals surface area contributed by atoms with Crippen molar-refractivity contribution in [2.24, 2.45) is 0 Å². The summed E-state index contributed by atoms with van der Waals surface area (Å²) in [6, 6.07) is 14.0. The fourth-order valence-corrected chi connectivity index (χ4v) is 4.48.